The Morgan fingerprint density at radius 2 is 1.31 bits per heavy atom. The summed E-state index contributed by atoms with van der Waals surface area (Å²) in [6.45, 7) is 2.17. The fourth-order valence-corrected chi connectivity index (χ4v) is 7.27. The highest BCUT2D eigenvalue weighted by atomic mass is 35.5. The zero-order chi connectivity index (χ0) is 25.1. The molecule has 4 rings (SSSR count). The second-order valence-corrected chi connectivity index (χ2v) is 12.7. The Balaban J connectivity index is 1.51. The molecular weight excluding hydrogens is 514 g/mol. The van der Waals surface area contributed by atoms with E-state index in [1.54, 1.807) is 0 Å². The minimum atomic E-state index is -3.75. The van der Waals surface area contributed by atoms with E-state index in [9.17, 15) is 21.6 Å². The number of anilines is 1. The van der Waals surface area contributed by atoms with Crippen molar-refractivity contribution in [3.05, 3.63) is 53.1 Å². The van der Waals surface area contributed by atoms with Gasteiger partial charge in [0.05, 0.1) is 33.6 Å². The quantitative estimate of drug-likeness (QED) is 0.601. The summed E-state index contributed by atoms with van der Waals surface area (Å²) in [6.07, 6.45) is 3.59. The second kappa shape index (κ2) is 10.9. The van der Waals surface area contributed by atoms with Crippen molar-refractivity contribution in [2.45, 2.75) is 35.5 Å². The van der Waals surface area contributed by atoms with Crippen molar-refractivity contribution in [1.29, 1.82) is 0 Å². The van der Waals surface area contributed by atoms with Crippen LogP contribution in [0.15, 0.2) is 52.3 Å². The van der Waals surface area contributed by atoms with Crippen LogP contribution in [-0.2, 0) is 24.8 Å². The summed E-state index contributed by atoms with van der Waals surface area (Å²) in [5.74, 6) is -0.591. The minimum Gasteiger partial charge on any atom is -0.379 e. The maximum absolute atomic E-state index is 13.1. The smallest absolute Gasteiger partial charge is 0.257 e. The Kier molecular flexibility index (Phi) is 8.14. The molecule has 0 aromatic heterocycles. The normalized spacial score (nSPS) is 18.7. The van der Waals surface area contributed by atoms with Crippen LogP contribution in [0.4, 0.5) is 5.69 Å². The number of carbonyl (C=O) groups is 1. The fraction of sp³-hybridized carbons (Fsp3) is 0.435. The number of morpholine rings is 1. The lowest BCUT2D eigenvalue weighted by Crippen LogP contribution is -2.40. The molecule has 35 heavy (non-hydrogen) atoms. The van der Waals surface area contributed by atoms with Crippen LogP contribution in [0, 0.1) is 0 Å². The Morgan fingerprint density at radius 3 is 1.94 bits per heavy atom. The van der Waals surface area contributed by atoms with E-state index >= 15 is 0 Å². The summed E-state index contributed by atoms with van der Waals surface area (Å²) in [5, 5.41) is 2.78. The Morgan fingerprint density at radius 1 is 0.771 bits per heavy atom. The number of rotatable bonds is 6. The molecule has 0 unspecified atom stereocenters. The van der Waals surface area contributed by atoms with Gasteiger partial charge in [0.2, 0.25) is 20.0 Å². The lowest BCUT2D eigenvalue weighted by Gasteiger charge is -2.26. The third-order valence-corrected chi connectivity index (χ3v) is 10.2. The van der Waals surface area contributed by atoms with Crippen molar-refractivity contribution < 1.29 is 26.4 Å². The van der Waals surface area contributed by atoms with Gasteiger partial charge in [-0.15, -0.1) is 0 Å². The highest BCUT2D eigenvalue weighted by Gasteiger charge is 2.28. The van der Waals surface area contributed by atoms with Crippen LogP contribution in [0.1, 0.15) is 36.0 Å². The van der Waals surface area contributed by atoms with E-state index in [1.807, 2.05) is 0 Å². The topological polar surface area (TPSA) is 113 Å². The summed E-state index contributed by atoms with van der Waals surface area (Å²) >= 11 is 6.23. The number of ether oxygens (including phenoxy) is 1. The summed E-state index contributed by atoms with van der Waals surface area (Å²) in [5.41, 5.74) is 0.375. The molecule has 0 bridgehead atoms. The molecule has 1 amide bonds. The van der Waals surface area contributed by atoms with Gasteiger partial charge in [0.15, 0.2) is 0 Å². The molecule has 2 heterocycles. The van der Waals surface area contributed by atoms with Gasteiger partial charge in [-0.3, -0.25) is 4.79 Å². The minimum absolute atomic E-state index is 0.0147. The molecule has 0 saturated carbocycles. The first-order chi connectivity index (χ1) is 16.7. The standard InChI is InChI=1S/C23H28ClN3O6S2/c24-22-10-9-20(35(31,32)26-11-3-1-2-4-12-26)17-21(22)23(28)25-18-5-7-19(8-6-18)34(29,30)27-13-15-33-16-14-27/h5-10,17H,1-4,11-16H2,(H,25,28). The first-order valence-corrected chi connectivity index (χ1v) is 14.7. The van der Waals surface area contributed by atoms with E-state index in [1.165, 1.54) is 51.1 Å². The van der Waals surface area contributed by atoms with E-state index in [2.05, 4.69) is 5.32 Å². The predicted molar refractivity (Wildman–Crippen MR) is 133 cm³/mol. The molecule has 12 heteroatoms. The van der Waals surface area contributed by atoms with Crippen LogP contribution in [0.5, 0.6) is 0 Å². The highest BCUT2D eigenvalue weighted by Crippen LogP contribution is 2.26. The monoisotopic (exact) mass is 541 g/mol. The molecular formula is C23H28ClN3O6S2. The van der Waals surface area contributed by atoms with Crippen LogP contribution < -0.4 is 5.32 Å². The van der Waals surface area contributed by atoms with Gasteiger partial charge in [-0.25, -0.2) is 16.8 Å². The average Bonchev–Trinajstić information content (AvgIpc) is 3.15. The van der Waals surface area contributed by atoms with Crippen LogP contribution >= 0.6 is 11.6 Å². The summed E-state index contributed by atoms with van der Waals surface area (Å²) in [4.78, 5) is 13.1. The first-order valence-electron chi connectivity index (χ1n) is 11.5. The molecule has 2 aromatic rings. The maximum Gasteiger partial charge on any atom is 0.257 e. The van der Waals surface area contributed by atoms with Crippen molar-refractivity contribution in [2.75, 3.05) is 44.7 Å². The largest absolute Gasteiger partial charge is 0.379 e. The molecule has 9 nitrogen and oxygen atoms in total. The van der Waals surface area contributed by atoms with Crippen LogP contribution in [-0.4, -0.2) is 70.7 Å². The molecule has 0 aliphatic carbocycles. The van der Waals surface area contributed by atoms with E-state index in [0.29, 0.717) is 32.0 Å². The van der Waals surface area contributed by atoms with Gasteiger partial charge in [0.25, 0.3) is 5.91 Å². The molecule has 0 spiro atoms. The van der Waals surface area contributed by atoms with Gasteiger partial charge in [-0.1, -0.05) is 24.4 Å². The van der Waals surface area contributed by atoms with E-state index in [-0.39, 0.29) is 33.5 Å². The van der Waals surface area contributed by atoms with Gasteiger partial charge in [0, 0.05) is 31.9 Å². The van der Waals surface area contributed by atoms with Gasteiger partial charge in [-0.05, 0) is 55.3 Å². The summed E-state index contributed by atoms with van der Waals surface area (Å²) in [7, 11) is -7.40. The first kappa shape index (κ1) is 26.1. The molecule has 190 valence electrons. The zero-order valence-corrected chi connectivity index (χ0v) is 21.5. The number of nitrogens with zero attached hydrogens (tertiary/aromatic N) is 2. The van der Waals surface area contributed by atoms with Crippen molar-refractivity contribution in [1.82, 2.24) is 8.61 Å². The van der Waals surface area contributed by atoms with E-state index in [4.69, 9.17) is 16.3 Å². The predicted octanol–water partition coefficient (Wildman–Crippen LogP) is 3.18. The molecule has 2 aliphatic heterocycles. The van der Waals surface area contributed by atoms with Gasteiger partial charge in [-0.2, -0.15) is 8.61 Å². The third-order valence-electron chi connectivity index (χ3n) is 6.11. The summed E-state index contributed by atoms with van der Waals surface area (Å²) in [6, 6.07) is 9.90. The maximum atomic E-state index is 13.1. The molecule has 2 aromatic carbocycles. The SMILES string of the molecule is O=C(Nc1ccc(S(=O)(=O)N2CCOCC2)cc1)c1cc(S(=O)(=O)N2CCCCCC2)ccc1Cl. The Bertz CT molecular complexity index is 1270. The number of halogens is 1. The molecule has 0 radical (unpaired) electrons. The van der Waals surface area contributed by atoms with Crippen molar-refractivity contribution in [2.24, 2.45) is 0 Å². The molecule has 0 atom stereocenters. The van der Waals surface area contributed by atoms with E-state index < -0.39 is 26.0 Å². The number of carbonyl (C=O) groups excluding carboxylic acids is 1. The van der Waals surface area contributed by atoms with Crippen molar-refractivity contribution in [3.63, 3.8) is 0 Å². The van der Waals surface area contributed by atoms with Crippen LogP contribution in [0.2, 0.25) is 5.02 Å². The highest BCUT2D eigenvalue weighted by molar-refractivity contribution is 7.89. The zero-order valence-electron chi connectivity index (χ0n) is 19.2. The number of sulfonamides is 2. The third kappa shape index (κ3) is 5.87. The molecule has 1 N–H and O–H groups in total. The lowest BCUT2D eigenvalue weighted by atomic mass is 10.2. The molecule has 2 aliphatic rings. The Hall–Kier alpha value is -2.02. The van der Waals surface area contributed by atoms with E-state index in [0.717, 1.165) is 25.7 Å². The summed E-state index contributed by atoms with van der Waals surface area (Å²) < 4.78 is 59.8. The number of amides is 1. The van der Waals surface area contributed by atoms with Gasteiger partial charge in [0.1, 0.15) is 0 Å². The van der Waals surface area contributed by atoms with Crippen molar-refractivity contribution >= 4 is 43.2 Å². The second-order valence-electron chi connectivity index (χ2n) is 8.45. The van der Waals surface area contributed by atoms with Gasteiger partial charge < -0.3 is 10.1 Å². The number of benzene rings is 2. The number of hydrogen-bond acceptors (Lipinski definition) is 6. The fourth-order valence-electron chi connectivity index (χ4n) is 4.11. The van der Waals surface area contributed by atoms with Crippen LogP contribution in [0.3, 0.4) is 0 Å². The number of nitrogens with one attached hydrogen (secondary N) is 1. The molecule has 2 fully saturated rings. The van der Waals surface area contributed by atoms with Gasteiger partial charge >= 0.3 is 0 Å². The van der Waals surface area contributed by atoms with Crippen molar-refractivity contribution in [3.8, 4) is 0 Å². The lowest BCUT2D eigenvalue weighted by molar-refractivity contribution is 0.0730. The Labute approximate surface area is 211 Å². The number of hydrogen-bond donors (Lipinski definition) is 1. The molecule has 2 saturated heterocycles. The van der Waals surface area contributed by atoms with Crippen LogP contribution in [0.25, 0.3) is 0 Å². The average molecular weight is 542 g/mol.